The monoisotopic (exact) mass is 212 g/mol. The molecule has 0 fully saturated rings. The zero-order valence-electron chi connectivity index (χ0n) is 9.00. The maximum Gasteiger partial charge on any atom is 0.228 e. The predicted octanol–water partition coefficient (Wildman–Crippen LogP) is 2.86. The van der Waals surface area contributed by atoms with Crippen LogP contribution < -0.4 is 5.32 Å². The van der Waals surface area contributed by atoms with E-state index >= 15 is 0 Å². The Morgan fingerprint density at radius 2 is 2.07 bits per heavy atom. The molecule has 4 heteroatoms. The molecule has 1 N–H and O–H groups in total. The average Bonchev–Trinajstić information content (AvgIpc) is 2.52. The maximum atomic E-state index is 11.3. The van der Waals surface area contributed by atoms with Crippen molar-refractivity contribution >= 4 is 22.4 Å². The molecule has 0 aromatic carbocycles. The molecule has 0 bridgehead atoms. The Kier molecular flexibility index (Phi) is 3.63. The average molecular weight is 212 g/mol. The Hall–Kier alpha value is -0.900. The highest BCUT2D eigenvalue weighted by Gasteiger charge is 2.10. The Morgan fingerprint density at radius 3 is 2.50 bits per heavy atom. The second-order valence-corrected chi connectivity index (χ2v) is 4.93. The van der Waals surface area contributed by atoms with Gasteiger partial charge in [0.15, 0.2) is 5.13 Å². The molecule has 0 saturated carbocycles. The SMILES string of the molecule is CC(C)C(=O)Nc1ncc(C(C)C)s1. The van der Waals surface area contributed by atoms with Crippen LogP contribution in [0.3, 0.4) is 0 Å². The van der Waals surface area contributed by atoms with Crippen molar-refractivity contribution in [3.05, 3.63) is 11.1 Å². The first-order valence-electron chi connectivity index (χ1n) is 4.77. The van der Waals surface area contributed by atoms with Crippen LogP contribution in [0.1, 0.15) is 38.5 Å². The molecule has 0 saturated heterocycles. The zero-order valence-corrected chi connectivity index (χ0v) is 9.81. The number of nitrogens with one attached hydrogen (secondary N) is 1. The lowest BCUT2D eigenvalue weighted by Crippen LogP contribution is -2.17. The number of nitrogens with zero attached hydrogens (tertiary/aromatic N) is 1. The van der Waals surface area contributed by atoms with Crippen molar-refractivity contribution in [3.8, 4) is 0 Å². The third-order valence-electron chi connectivity index (χ3n) is 1.85. The third kappa shape index (κ3) is 2.80. The summed E-state index contributed by atoms with van der Waals surface area (Å²) in [6, 6.07) is 0. The minimum Gasteiger partial charge on any atom is -0.302 e. The number of thiazole rings is 1. The molecule has 1 aromatic rings. The van der Waals surface area contributed by atoms with Crippen LogP contribution >= 0.6 is 11.3 Å². The van der Waals surface area contributed by atoms with E-state index in [-0.39, 0.29) is 11.8 Å². The molecule has 78 valence electrons. The Labute approximate surface area is 88.6 Å². The Bertz CT molecular complexity index is 318. The minimum atomic E-state index is 0.00130. The Balaban J connectivity index is 2.64. The highest BCUT2D eigenvalue weighted by molar-refractivity contribution is 7.15. The lowest BCUT2D eigenvalue weighted by Gasteiger charge is -2.03. The van der Waals surface area contributed by atoms with Crippen LogP contribution in [0.15, 0.2) is 6.20 Å². The maximum absolute atomic E-state index is 11.3. The molecule has 1 aromatic heterocycles. The number of carbonyl (C=O) groups excluding carboxylic acids is 1. The lowest BCUT2D eigenvalue weighted by molar-refractivity contribution is -0.118. The van der Waals surface area contributed by atoms with E-state index in [1.165, 1.54) is 4.88 Å². The molecule has 0 aliphatic carbocycles. The molecule has 1 heterocycles. The fourth-order valence-corrected chi connectivity index (χ4v) is 1.68. The lowest BCUT2D eigenvalue weighted by atomic mass is 10.2. The van der Waals surface area contributed by atoms with Crippen molar-refractivity contribution in [2.24, 2.45) is 5.92 Å². The first-order chi connectivity index (χ1) is 6.50. The topological polar surface area (TPSA) is 42.0 Å². The number of carbonyl (C=O) groups is 1. The smallest absolute Gasteiger partial charge is 0.228 e. The third-order valence-corrected chi connectivity index (χ3v) is 3.06. The number of hydrogen-bond donors (Lipinski definition) is 1. The fraction of sp³-hybridized carbons (Fsp3) is 0.600. The minimum absolute atomic E-state index is 0.00130. The van der Waals surface area contributed by atoms with Crippen molar-refractivity contribution in [2.75, 3.05) is 5.32 Å². The zero-order chi connectivity index (χ0) is 10.7. The number of amides is 1. The molecule has 14 heavy (non-hydrogen) atoms. The summed E-state index contributed by atoms with van der Waals surface area (Å²) < 4.78 is 0. The summed E-state index contributed by atoms with van der Waals surface area (Å²) in [5, 5.41) is 3.49. The number of rotatable bonds is 3. The van der Waals surface area contributed by atoms with Gasteiger partial charge in [0.05, 0.1) is 0 Å². The summed E-state index contributed by atoms with van der Waals surface area (Å²) in [6.45, 7) is 7.96. The standard InChI is InChI=1S/C10H16N2OS/c1-6(2)8-5-11-10(14-8)12-9(13)7(3)4/h5-7H,1-4H3,(H,11,12,13). The van der Waals surface area contributed by atoms with E-state index in [9.17, 15) is 4.79 Å². The van der Waals surface area contributed by atoms with Crippen molar-refractivity contribution < 1.29 is 4.79 Å². The highest BCUT2D eigenvalue weighted by atomic mass is 32.1. The predicted molar refractivity (Wildman–Crippen MR) is 59.7 cm³/mol. The van der Waals surface area contributed by atoms with Crippen LogP contribution in [0.5, 0.6) is 0 Å². The molecule has 0 spiro atoms. The van der Waals surface area contributed by atoms with Gasteiger partial charge in [-0.15, -0.1) is 11.3 Å². The quantitative estimate of drug-likeness (QED) is 0.837. The summed E-state index contributed by atoms with van der Waals surface area (Å²) in [5.41, 5.74) is 0. The van der Waals surface area contributed by atoms with Crippen molar-refractivity contribution in [3.63, 3.8) is 0 Å². The molecule has 0 atom stereocenters. The van der Waals surface area contributed by atoms with Gasteiger partial charge in [0, 0.05) is 17.0 Å². The summed E-state index contributed by atoms with van der Waals surface area (Å²) >= 11 is 1.54. The van der Waals surface area contributed by atoms with E-state index in [0.29, 0.717) is 11.0 Å². The molecule has 0 aliphatic rings. The highest BCUT2D eigenvalue weighted by Crippen LogP contribution is 2.25. The fourth-order valence-electron chi connectivity index (χ4n) is 0.861. The van der Waals surface area contributed by atoms with Gasteiger partial charge >= 0.3 is 0 Å². The van der Waals surface area contributed by atoms with E-state index in [4.69, 9.17) is 0 Å². The van der Waals surface area contributed by atoms with Gasteiger partial charge in [0.1, 0.15) is 0 Å². The van der Waals surface area contributed by atoms with Crippen LogP contribution in [-0.4, -0.2) is 10.9 Å². The van der Waals surface area contributed by atoms with Crippen molar-refractivity contribution in [1.82, 2.24) is 4.98 Å². The van der Waals surface area contributed by atoms with Gasteiger partial charge in [-0.1, -0.05) is 27.7 Å². The summed E-state index contributed by atoms with van der Waals surface area (Å²) in [4.78, 5) is 16.7. The van der Waals surface area contributed by atoms with Crippen LogP contribution in [0.2, 0.25) is 0 Å². The van der Waals surface area contributed by atoms with Gasteiger partial charge in [-0.3, -0.25) is 4.79 Å². The van der Waals surface area contributed by atoms with Crippen LogP contribution in [0, 0.1) is 5.92 Å². The first kappa shape index (κ1) is 11.2. The number of aromatic nitrogens is 1. The first-order valence-corrected chi connectivity index (χ1v) is 5.59. The normalized spacial score (nSPS) is 11.0. The largest absolute Gasteiger partial charge is 0.302 e. The molecule has 0 unspecified atom stereocenters. The van der Waals surface area contributed by atoms with Gasteiger partial charge in [-0.05, 0) is 5.92 Å². The van der Waals surface area contributed by atoms with Gasteiger partial charge in [-0.25, -0.2) is 4.98 Å². The van der Waals surface area contributed by atoms with Gasteiger partial charge < -0.3 is 5.32 Å². The molecular weight excluding hydrogens is 196 g/mol. The molecule has 3 nitrogen and oxygen atoms in total. The van der Waals surface area contributed by atoms with E-state index in [0.717, 1.165) is 0 Å². The van der Waals surface area contributed by atoms with E-state index < -0.39 is 0 Å². The molecule has 0 aliphatic heterocycles. The molecule has 0 radical (unpaired) electrons. The number of anilines is 1. The van der Waals surface area contributed by atoms with E-state index in [2.05, 4.69) is 24.1 Å². The van der Waals surface area contributed by atoms with E-state index in [1.807, 2.05) is 20.0 Å². The molecule has 1 rings (SSSR count). The van der Waals surface area contributed by atoms with Crippen LogP contribution in [0.25, 0.3) is 0 Å². The molecule has 1 amide bonds. The van der Waals surface area contributed by atoms with Crippen LogP contribution in [-0.2, 0) is 4.79 Å². The van der Waals surface area contributed by atoms with Gasteiger partial charge in [-0.2, -0.15) is 0 Å². The second kappa shape index (κ2) is 4.55. The van der Waals surface area contributed by atoms with Crippen molar-refractivity contribution in [2.45, 2.75) is 33.6 Å². The van der Waals surface area contributed by atoms with E-state index in [1.54, 1.807) is 11.3 Å². The van der Waals surface area contributed by atoms with Gasteiger partial charge in [0.2, 0.25) is 5.91 Å². The summed E-state index contributed by atoms with van der Waals surface area (Å²) in [7, 11) is 0. The number of hydrogen-bond acceptors (Lipinski definition) is 3. The van der Waals surface area contributed by atoms with Crippen molar-refractivity contribution in [1.29, 1.82) is 0 Å². The second-order valence-electron chi connectivity index (χ2n) is 3.87. The van der Waals surface area contributed by atoms with Gasteiger partial charge in [0.25, 0.3) is 0 Å². The summed E-state index contributed by atoms with van der Waals surface area (Å²) in [5.74, 6) is 0.494. The Morgan fingerprint density at radius 1 is 1.43 bits per heavy atom. The molecular formula is C10H16N2OS. The van der Waals surface area contributed by atoms with Crippen LogP contribution in [0.4, 0.5) is 5.13 Å². The summed E-state index contributed by atoms with van der Waals surface area (Å²) in [6.07, 6.45) is 1.82.